The van der Waals surface area contributed by atoms with Gasteiger partial charge in [0.1, 0.15) is 5.76 Å². The van der Waals surface area contributed by atoms with E-state index in [1.165, 1.54) is 12.8 Å². The molecule has 2 atom stereocenters. The van der Waals surface area contributed by atoms with E-state index in [1.807, 2.05) is 0 Å². The lowest BCUT2D eigenvalue weighted by Crippen LogP contribution is -2.28. The van der Waals surface area contributed by atoms with E-state index in [-0.39, 0.29) is 0 Å². The van der Waals surface area contributed by atoms with Gasteiger partial charge in [0.15, 0.2) is 0 Å². The van der Waals surface area contributed by atoms with E-state index >= 15 is 0 Å². The molecule has 2 heteroatoms. The molecule has 2 rings (SSSR count). The van der Waals surface area contributed by atoms with Gasteiger partial charge in [0.25, 0.3) is 0 Å². The van der Waals surface area contributed by atoms with Gasteiger partial charge in [0.2, 0.25) is 0 Å². The summed E-state index contributed by atoms with van der Waals surface area (Å²) in [7, 11) is 1.71. The molecular weight excluding hydrogens is 164 g/mol. The number of hydrogen-bond donors (Lipinski definition) is 0. The van der Waals surface area contributed by atoms with Crippen LogP contribution in [0.5, 0.6) is 0 Å². The summed E-state index contributed by atoms with van der Waals surface area (Å²) in [4.78, 5) is 0. The fourth-order valence-electron chi connectivity index (χ4n) is 1.78. The van der Waals surface area contributed by atoms with Gasteiger partial charge in [-0.3, -0.25) is 0 Å². The molecule has 1 aliphatic heterocycles. The molecule has 0 aromatic rings. The predicted molar refractivity (Wildman–Crippen MR) is 51.3 cm³/mol. The van der Waals surface area contributed by atoms with Crippen molar-refractivity contribution in [1.82, 2.24) is 0 Å². The molecule has 1 saturated heterocycles. The Morgan fingerprint density at radius 2 is 2.46 bits per heavy atom. The first kappa shape index (κ1) is 8.82. The monoisotopic (exact) mass is 180 g/mol. The van der Waals surface area contributed by atoms with Crippen molar-refractivity contribution in [3.8, 4) is 0 Å². The molecule has 1 aliphatic carbocycles. The molecule has 72 valence electrons. The van der Waals surface area contributed by atoms with Crippen molar-refractivity contribution in [1.29, 1.82) is 0 Å². The number of rotatable bonds is 3. The molecule has 0 N–H and O–H groups in total. The van der Waals surface area contributed by atoms with Crippen molar-refractivity contribution in [2.45, 2.75) is 25.4 Å². The van der Waals surface area contributed by atoms with Crippen LogP contribution in [-0.2, 0) is 9.47 Å². The van der Waals surface area contributed by atoms with Gasteiger partial charge in [-0.1, -0.05) is 6.08 Å². The van der Waals surface area contributed by atoms with Crippen molar-refractivity contribution in [2.24, 2.45) is 5.92 Å². The van der Waals surface area contributed by atoms with Crippen LogP contribution >= 0.6 is 0 Å². The number of allylic oxidation sites excluding steroid dienone is 3. The summed E-state index contributed by atoms with van der Waals surface area (Å²) in [6, 6.07) is 0. The molecule has 0 radical (unpaired) electrons. The van der Waals surface area contributed by atoms with E-state index in [1.54, 1.807) is 7.11 Å². The zero-order chi connectivity index (χ0) is 9.10. The molecule has 0 amide bonds. The summed E-state index contributed by atoms with van der Waals surface area (Å²) in [5.74, 6) is 1.65. The highest BCUT2D eigenvalue weighted by Gasteiger charge is 2.22. The van der Waals surface area contributed by atoms with E-state index in [4.69, 9.17) is 9.47 Å². The fourth-order valence-corrected chi connectivity index (χ4v) is 1.78. The summed E-state index contributed by atoms with van der Waals surface area (Å²) in [6.45, 7) is 0.959. The maximum Gasteiger partial charge on any atom is 0.114 e. The molecule has 1 fully saturated rings. The summed E-state index contributed by atoms with van der Waals surface area (Å²) >= 11 is 0. The van der Waals surface area contributed by atoms with Gasteiger partial charge in [-0.25, -0.2) is 0 Å². The van der Waals surface area contributed by atoms with Gasteiger partial charge in [0, 0.05) is 6.61 Å². The van der Waals surface area contributed by atoms with Crippen LogP contribution in [0.15, 0.2) is 24.0 Å². The van der Waals surface area contributed by atoms with Crippen LogP contribution in [0.1, 0.15) is 19.3 Å². The SMILES string of the molecule is COC1=CCC(CC2CCO2)C=C1. The zero-order valence-electron chi connectivity index (χ0n) is 8.03. The Labute approximate surface area is 79.2 Å². The van der Waals surface area contributed by atoms with Gasteiger partial charge < -0.3 is 9.47 Å². The van der Waals surface area contributed by atoms with Crippen molar-refractivity contribution in [3.05, 3.63) is 24.0 Å². The molecule has 2 aliphatic rings. The van der Waals surface area contributed by atoms with Gasteiger partial charge in [-0.05, 0) is 37.3 Å². The lowest BCUT2D eigenvalue weighted by Gasteiger charge is -2.29. The lowest BCUT2D eigenvalue weighted by atomic mass is 9.91. The maximum absolute atomic E-state index is 5.40. The van der Waals surface area contributed by atoms with Crippen LogP contribution in [0.2, 0.25) is 0 Å². The third-order valence-electron chi connectivity index (χ3n) is 2.75. The standard InChI is InChI=1S/C11H16O2/c1-12-10-4-2-9(3-5-10)8-11-6-7-13-11/h2,4-5,9,11H,3,6-8H2,1H3. The van der Waals surface area contributed by atoms with Gasteiger partial charge >= 0.3 is 0 Å². The molecule has 0 aromatic carbocycles. The molecule has 13 heavy (non-hydrogen) atoms. The number of hydrogen-bond acceptors (Lipinski definition) is 2. The van der Waals surface area contributed by atoms with Crippen LogP contribution in [0.3, 0.4) is 0 Å². The molecule has 2 nitrogen and oxygen atoms in total. The van der Waals surface area contributed by atoms with Crippen LogP contribution in [0.4, 0.5) is 0 Å². The highest BCUT2D eigenvalue weighted by molar-refractivity contribution is 5.18. The minimum absolute atomic E-state index is 0.521. The minimum Gasteiger partial charge on any atom is -0.497 e. The first-order valence-electron chi connectivity index (χ1n) is 4.92. The third-order valence-corrected chi connectivity index (χ3v) is 2.75. The first-order valence-corrected chi connectivity index (χ1v) is 4.92. The van der Waals surface area contributed by atoms with Crippen LogP contribution in [-0.4, -0.2) is 19.8 Å². The van der Waals surface area contributed by atoms with Gasteiger partial charge in [0.05, 0.1) is 13.2 Å². The lowest BCUT2D eigenvalue weighted by molar-refractivity contribution is -0.0599. The molecule has 0 aromatic heterocycles. The largest absolute Gasteiger partial charge is 0.497 e. The quantitative estimate of drug-likeness (QED) is 0.663. The Kier molecular flexibility index (Phi) is 2.69. The minimum atomic E-state index is 0.521. The summed E-state index contributed by atoms with van der Waals surface area (Å²) in [6.07, 6.45) is 10.5. The Morgan fingerprint density at radius 3 is 2.92 bits per heavy atom. The van der Waals surface area contributed by atoms with Gasteiger partial charge in [-0.2, -0.15) is 0 Å². The Bertz CT molecular complexity index is 226. The van der Waals surface area contributed by atoms with Crippen molar-refractivity contribution < 1.29 is 9.47 Å². The highest BCUT2D eigenvalue weighted by Crippen LogP contribution is 2.26. The van der Waals surface area contributed by atoms with Crippen LogP contribution < -0.4 is 0 Å². The first-order chi connectivity index (χ1) is 6.38. The van der Waals surface area contributed by atoms with Crippen molar-refractivity contribution in [2.75, 3.05) is 13.7 Å². The second-order valence-corrected chi connectivity index (χ2v) is 3.68. The van der Waals surface area contributed by atoms with Crippen LogP contribution in [0.25, 0.3) is 0 Å². The molecule has 1 heterocycles. The topological polar surface area (TPSA) is 18.5 Å². The van der Waals surface area contributed by atoms with E-state index in [0.717, 1.165) is 18.8 Å². The smallest absolute Gasteiger partial charge is 0.114 e. The summed E-state index contributed by atoms with van der Waals surface area (Å²) in [5, 5.41) is 0. The van der Waals surface area contributed by atoms with E-state index in [2.05, 4.69) is 18.2 Å². The normalized spacial score (nSPS) is 32.2. The molecular formula is C11H16O2. The Hall–Kier alpha value is -0.760. The van der Waals surface area contributed by atoms with Crippen molar-refractivity contribution >= 4 is 0 Å². The maximum atomic E-state index is 5.40. The van der Waals surface area contributed by atoms with E-state index < -0.39 is 0 Å². The third kappa shape index (κ3) is 2.13. The second kappa shape index (κ2) is 3.97. The molecule has 0 bridgehead atoms. The second-order valence-electron chi connectivity index (χ2n) is 3.68. The molecule has 0 saturated carbocycles. The summed E-state index contributed by atoms with van der Waals surface area (Å²) in [5.41, 5.74) is 0. The average molecular weight is 180 g/mol. The summed E-state index contributed by atoms with van der Waals surface area (Å²) < 4.78 is 10.5. The van der Waals surface area contributed by atoms with Gasteiger partial charge in [-0.15, -0.1) is 0 Å². The highest BCUT2D eigenvalue weighted by atomic mass is 16.5. The van der Waals surface area contributed by atoms with E-state index in [9.17, 15) is 0 Å². The Balaban J connectivity index is 1.78. The number of ether oxygens (including phenoxy) is 2. The van der Waals surface area contributed by atoms with Crippen molar-refractivity contribution in [3.63, 3.8) is 0 Å². The fraction of sp³-hybridized carbons (Fsp3) is 0.636. The molecule has 2 unspecified atom stereocenters. The van der Waals surface area contributed by atoms with E-state index in [0.29, 0.717) is 12.0 Å². The predicted octanol–water partition coefficient (Wildman–Crippen LogP) is 2.27. The van der Waals surface area contributed by atoms with Crippen LogP contribution in [0, 0.1) is 5.92 Å². The molecule has 0 spiro atoms. The Morgan fingerprint density at radius 1 is 1.62 bits per heavy atom. The zero-order valence-corrected chi connectivity index (χ0v) is 8.03. The number of methoxy groups -OCH3 is 1. The average Bonchev–Trinajstić information content (AvgIpc) is 2.12.